The standard InChI is InChI=1S/C27H26N2O4S2/c1-20-3-11-24(12-4-20)28-34(30,31)26-15-7-22(8-16-26)19-23-9-17-27(18-10-23)35(32,33)29-25-13-5-21(2)6-14-25/h3-18,28-29H,19H2,1-2H3. The Morgan fingerprint density at radius 1 is 0.486 bits per heavy atom. The monoisotopic (exact) mass is 506 g/mol. The maximum Gasteiger partial charge on any atom is 0.261 e. The van der Waals surface area contributed by atoms with Crippen LogP contribution in [0.5, 0.6) is 0 Å². The van der Waals surface area contributed by atoms with Crippen LogP contribution < -0.4 is 9.44 Å². The second-order valence-corrected chi connectivity index (χ2v) is 11.8. The summed E-state index contributed by atoms with van der Waals surface area (Å²) in [6, 6.07) is 27.6. The van der Waals surface area contributed by atoms with Crippen molar-refractivity contribution in [2.24, 2.45) is 0 Å². The molecule has 0 bridgehead atoms. The fourth-order valence-electron chi connectivity index (χ4n) is 3.48. The van der Waals surface area contributed by atoms with Crippen LogP contribution in [0.1, 0.15) is 22.3 Å². The number of hydrogen-bond donors (Lipinski definition) is 2. The first kappa shape index (κ1) is 24.5. The number of hydrogen-bond acceptors (Lipinski definition) is 4. The second-order valence-electron chi connectivity index (χ2n) is 8.41. The molecule has 0 saturated heterocycles. The molecule has 0 fully saturated rings. The Labute approximate surface area is 206 Å². The van der Waals surface area contributed by atoms with Gasteiger partial charge in [0.1, 0.15) is 0 Å². The summed E-state index contributed by atoms with van der Waals surface area (Å²) in [5, 5.41) is 0. The minimum absolute atomic E-state index is 0.172. The van der Waals surface area contributed by atoms with Gasteiger partial charge < -0.3 is 0 Å². The van der Waals surface area contributed by atoms with Gasteiger partial charge in [-0.25, -0.2) is 16.8 Å². The van der Waals surface area contributed by atoms with E-state index in [1.807, 2.05) is 38.1 Å². The van der Waals surface area contributed by atoms with Crippen molar-refractivity contribution in [3.63, 3.8) is 0 Å². The Bertz CT molecular complexity index is 1390. The third-order valence-electron chi connectivity index (χ3n) is 5.48. The van der Waals surface area contributed by atoms with E-state index in [1.54, 1.807) is 72.8 Å². The molecule has 4 aromatic rings. The molecule has 4 rings (SSSR count). The number of aryl methyl sites for hydroxylation is 2. The SMILES string of the molecule is Cc1ccc(NS(=O)(=O)c2ccc(Cc3ccc(S(=O)(=O)Nc4ccc(C)cc4)cc3)cc2)cc1. The minimum atomic E-state index is -3.69. The van der Waals surface area contributed by atoms with Gasteiger partial charge in [0.05, 0.1) is 9.79 Å². The molecule has 0 aliphatic heterocycles. The molecule has 0 amide bonds. The van der Waals surface area contributed by atoms with Gasteiger partial charge in [0.15, 0.2) is 0 Å². The Morgan fingerprint density at radius 3 is 1.11 bits per heavy atom. The topological polar surface area (TPSA) is 92.3 Å². The summed E-state index contributed by atoms with van der Waals surface area (Å²) in [4.78, 5) is 0.343. The van der Waals surface area contributed by atoms with E-state index in [2.05, 4.69) is 9.44 Å². The molecule has 0 aromatic heterocycles. The molecule has 0 saturated carbocycles. The van der Waals surface area contributed by atoms with Crippen molar-refractivity contribution in [2.45, 2.75) is 30.1 Å². The Balaban J connectivity index is 1.42. The molecular weight excluding hydrogens is 480 g/mol. The third kappa shape index (κ3) is 6.29. The molecule has 0 atom stereocenters. The molecule has 0 spiro atoms. The van der Waals surface area contributed by atoms with Crippen molar-refractivity contribution in [1.29, 1.82) is 0 Å². The molecule has 0 aliphatic rings. The number of nitrogens with one attached hydrogen (secondary N) is 2. The fourth-order valence-corrected chi connectivity index (χ4v) is 5.60. The Morgan fingerprint density at radius 2 is 0.800 bits per heavy atom. The molecule has 2 N–H and O–H groups in total. The van der Waals surface area contributed by atoms with Crippen LogP contribution in [-0.4, -0.2) is 16.8 Å². The quantitative estimate of drug-likeness (QED) is 0.330. The molecule has 8 heteroatoms. The lowest BCUT2D eigenvalue weighted by molar-refractivity contribution is 0.599. The first-order valence-electron chi connectivity index (χ1n) is 11.0. The lowest BCUT2D eigenvalue weighted by atomic mass is 10.1. The van der Waals surface area contributed by atoms with Crippen LogP contribution in [-0.2, 0) is 26.5 Å². The third-order valence-corrected chi connectivity index (χ3v) is 8.28. The zero-order valence-electron chi connectivity index (χ0n) is 19.4. The van der Waals surface area contributed by atoms with Gasteiger partial charge in [0.25, 0.3) is 20.0 Å². The highest BCUT2D eigenvalue weighted by atomic mass is 32.2. The van der Waals surface area contributed by atoms with Crippen LogP contribution in [0, 0.1) is 13.8 Å². The van der Waals surface area contributed by atoms with E-state index in [0.29, 0.717) is 17.8 Å². The predicted octanol–water partition coefficient (Wildman–Crippen LogP) is 5.50. The van der Waals surface area contributed by atoms with Gasteiger partial charge in [-0.1, -0.05) is 59.7 Å². The maximum atomic E-state index is 12.7. The van der Waals surface area contributed by atoms with Crippen LogP contribution in [0.3, 0.4) is 0 Å². The molecule has 0 radical (unpaired) electrons. The smallest absolute Gasteiger partial charge is 0.261 e. The molecule has 0 unspecified atom stereocenters. The van der Waals surface area contributed by atoms with Gasteiger partial charge in [0, 0.05) is 11.4 Å². The van der Waals surface area contributed by atoms with E-state index in [1.165, 1.54) is 0 Å². The van der Waals surface area contributed by atoms with Gasteiger partial charge in [-0.05, 0) is 79.9 Å². The van der Waals surface area contributed by atoms with Crippen molar-refractivity contribution >= 4 is 31.4 Å². The highest BCUT2D eigenvalue weighted by Gasteiger charge is 2.15. The maximum absolute atomic E-state index is 12.7. The van der Waals surface area contributed by atoms with Gasteiger partial charge in [0.2, 0.25) is 0 Å². The molecule has 35 heavy (non-hydrogen) atoms. The van der Waals surface area contributed by atoms with Gasteiger partial charge in [-0.3, -0.25) is 9.44 Å². The molecular formula is C27H26N2O4S2. The van der Waals surface area contributed by atoms with Crippen molar-refractivity contribution in [2.75, 3.05) is 9.44 Å². The Hall–Kier alpha value is -3.62. The largest absolute Gasteiger partial charge is 0.280 e. The summed E-state index contributed by atoms with van der Waals surface area (Å²) < 4.78 is 55.8. The zero-order valence-corrected chi connectivity index (χ0v) is 21.0. The fraction of sp³-hybridized carbons (Fsp3) is 0.111. The van der Waals surface area contributed by atoms with Crippen LogP contribution in [0.2, 0.25) is 0 Å². The van der Waals surface area contributed by atoms with Crippen molar-refractivity contribution in [1.82, 2.24) is 0 Å². The second kappa shape index (κ2) is 9.93. The molecule has 180 valence electrons. The van der Waals surface area contributed by atoms with Crippen LogP contribution in [0.4, 0.5) is 11.4 Å². The summed E-state index contributed by atoms with van der Waals surface area (Å²) in [5.41, 5.74) is 4.93. The van der Waals surface area contributed by atoms with E-state index < -0.39 is 20.0 Å². The van der Waals surface area contributed by atoms with E-state index in [0.717, 1.165) is 22.3 Å². The van der Waals surface area contributed by atoms with Crippen LogP contribution >= 0.6 is 0 Å². The lowest BCUT2D eigenvalue weighted by Gasteiger charge is -2.10. The highest BCUT2D eigenvalue weighted by Crippen LogP contribution is 2.20. The number of anilines is 2. The van der Waals surface area contributed by atoms with E-state index in [4.69, 9.17) is 0 Å². The van der Waals surface area contributed by atoms with Crippen LogP contribution in [0.15, 0.2) is 107 Å². The van der Waals surface area contributed by atoms with Crippen molar-refractivity contribution < 1.29 is 16.8 Å². The molecule has 6 nitrogen and oxygen atoms in total. The zero-order chi connectivity index (χ0) is 25.1. The summed E-state index contributed by atoms with van der Waals surface area (Å²) in [7, 11) is -7.38. The van der Waals surface area contributed by atoms with E-state index in [9.17, 15) is 16.8 Å². The predicted molar refractivity (Wildman–Crippen MR) is 140 cm³/mol. The number of rotatable bonds is 8. The summed E-state index contributed by atoms with van der Waals surface area (Å²) in [6.07, 6.45) is 0.539. The van der Waals surface area contributed by atoms with Gasteiger partial charge in [-0.2, -0.15) is 0 Å². The first-order valence-corrected chi connectivity index (χ1v) is 13.9. The number of sulfonamides is 2. The minimum Gasteiger partial charge on any atom is -0.280 e. The normalized spacial score (nSPS) is 11.7. The summed E-state index contributed by atoms with van der Waals surface area (Å²) in [6.45, 7) is 3.87. The van der Waals surface area contributed by atoms with Gasteiger partial charge in [-0.15, -0.1) is 0 Å². The molecule has 4 aromatic carbocycles. The van der Waals surface area contributed by atoms with Crippen LogP contribution in [0.25, 0.3) is 0 Å². The lowest BCUT2D eigenvalue weighted by Crippen LogP contribution is -2.13. The average Bonchev–Trinajstić information content (AvgIpc) is 2.82. The first-order chi connectivity index (χ1) is 16.6. The van der Waals surface area contributed by atoms with Crippen molar-refractivity contribution in [3.05, 3.63) is 119 Å². The summed E-state index contributed by atoms with van der Waals surface area (Å²) in [5.74, 6) is 0. The number of benzene rings is 4. The Kier molecular flexibility index (Phi) is 6.95. The molecule has 0 aliphatic carbocycles. The van der Waals surface area contributed by atoms with Gasteiger partial charge >= 0.3 is 0 Å². The van der Waals surface area contributed by atoms with E-state index >= 15 is 0 Å². The highest BCUT2D eigenvalue weighted by molar-refractivity contribution is 7.93. The van der Waals surface area contributed by atoms with Crippen molar-refractivity contribution in [3.8, 4) is 0 Å². The summed E-state index contributed by atoms with van der Waals surface area (Å²) >= 11 is 0. The average molecular weight is 507 g/mol. The molecule has 0 heterocycles. The van der Waals surface area contributed by atoms with E-state index in [-0.39, 0.29) is 9.79 Å².